The van der Waals surface area contributed by atoms with Crippen molar-refractivity contribution in [3.05, 3.63) is 0 Å². The Morgan fingerprint density at radius 1 is 0.477 bits per heavy atom. The van der Waals surface area contributed by atoms with Crippen molar-refractivity contribution in [3.8, 4) is 0 Å². The molecule has 2 aliphatic rings. The Bertz CT molecular complexity index is 1090. The average molecular weight is 637 g/mol. The maximum atomic E-state index is 12.1. The minimum atomic E-state index is -1.90. The number of aliphatic hydroxyl groups excluding tert-OH is 1. The summed E-state index contributed by atoms with van der Waals surface area (Å²) in [6, 6.07) is 0. The third-order valence-electron chi connectivity index (χ3n) is 5.89. The lowest BCUT2D eigenvalue weighted by Crippen LogP contribution is -2.64. The van der Waals surface area contributed by atoms with E-state index in [4.69, 9.17) is 47.4 Å². The fraction of sp³-hybridized carbons (Fsp3) is 0.731. The van der Waals surface area contributed by atoms with Crippen molar-refractivity contribution in [1.29, 1.82) is 0 Å². The van der Waals surface area contributed by atoms with Crippen LogP contribution in [0.4, 0.5) is 0 Å². The highest BCUT2D eigenvalue weighted by atomic mass is 16.7. The van der Waals surface area contributed by atoms with Gasteiger partial charge >= 0.3 is 41.8 Å². The molecule has 0 aromatic rings. The number of hydrogen-bond donors (Lipinski definition) is 1. The third kappa shape index (κ3) is 10.7. The van der Waals surface area contributed by atoms with Crippen molar-refractivity contribution >= 4 is 41.8 Å². The van der Waals surface area contributed by atoms with Crippen LogP contribution in [0.3, 0.4) is 0 Å². The van der Waals surface area contributed by atoms with Crippen LogP contribution >= 0.6 is 0 Å². The van der Waals surface area contributed by atoms with E-state index in [1.807, 2.05) is 0 Å². The van der Waals surface area contributed by atoms with Gasteiger partial charge in [-0.3, -0.25) is 33.6 Å². The highest BCUT2D eigenvalue weighted by molar-refractivity contribution is 5.69. The molecule has 2 saturated heterocycles. The molecule has 2 fully saturated rings. The topological polar surface area (TPSA) is 232 Å². The van der Waals surface area contributed by atoms with Crippen LogP contribution < -0.4 is 0 Å². The van der Waals surface area contributed by atoms with Crippen LogP contribution in [0.25, 0.3) is 0 Å². The number of carbonyl (C=O) groups is 7. The van der Waals surface area contributed by atoms with Crippen LogP contribution in [0.1, 0.15) is 48.5 Å². The molecule has 18 nitrogen and oxygen atoms in total. The van der Waals surface area contributed by atoms with Crippen molar-refractivity contribution in [1.82, 2.24) is 0 Å². The molecule has 2 aliphatic heterocycles. The summed E-state index contributed by atoms with van der Waals surface area (Å²) in [6.07, 6.45) is -15.6. The van der Waals surface area contributed by atoms with E-state index in [1.165, 1.54) is 0 Å². The number of esters is 7. The molecular weight excluding hydrogens is 600 g/mol. The van der Waals surface area contributed by atoms with Gasteiger partial charge in [0.1, 0.15) is 18.8 Å². The molecule has 0 saturated carbocycles. The number of carbonyl (C=O) groups excluding carboxylic acids is 7. The van der Waals surface area contributed by atoms with Gasteiger partial charge in [0.05, 0.1) is 6.61 Å². The molecule has 1 N–H and O–H groups in total. The van der Waals surface area contributed by atoms with Gasteiger partial charge in [0.15, 0.2) is 49.2 Å². The molecule has 248 valence electrons. The van der Waals surface area contributed by atoms with Crippen LogP contribution in [-0.4, -0.2) is 122 Å². The largest absolute Gasteiger partial charge is 0.463 e. The molecule has 0 spiro atoms. The lowest BCUT2D eigenvalue weighted by molar-refractivity contribution is -0.330. The van der Waals surface area contributed by atoms with Gasteiger partial charge in [0.25, 0.3) is 0 Å². The summed E-state index contributed by atoms with van der Waals surface area (Å²) in [4.78, 5) is 83.0. The zero-order valence-corrected chi connectivity index (χ0v) is 25.1. The summed E-state index contributed by atoms with van der Waals surface area (Å²) in [7, 11) is 0. The zero-order chi connectivity index (χ0) is 33.3. The van der Waals surface area contributed by atoms with Gasteiger partial charge < -0.3 is 52.5 Å². The molecule has 0 aromatic carbocycles. The van der Waals surface area contributed by atoms with Gasteiger partial charge in [0.2, 0.25) is 0 Å². The molecule has 0 amide bonds. The monoisotopic (exact) mass is 636 g/mol. The molecule has 0 radical (unpaired) electrons. The van der Waals surface area contributed by atoms with Crippen LogP contribution in [0.15, 0.2) is 0 Å². The first-order chi connectivity index (χ1) is 20.5. The molecule has 1 unspecified atom stereocenters. The minimum absolute atomic E-state index is 0.523. The summed E-state index contributed by atoms with van der Waals surface area (Å²) < 4.78 is 53.7. The zero-order valence-electron chi connectivity index (χ0n) is 25.1. The SMILES string of the molecule is CC(=O)OC[C@H]1O[C@@H](OC[C@H]2OC(O)[C@H](OC(C)=O)[C@@H](OC(C)=O)[C@@H]2OC(C)=O)[C@H](OC(C)=O)[C@@H](OC(C)=O)[C@@H]1OC(C)=O. The van der Waals surface area contributed by atoms with Crippen LogP contribution in [-0.2, 0) is 80.9 Å². The molecule has 10 atom stereocenters. The maximum absolute atomic E-state index is 12.1. The van der Waals surface area contributed by atoms with Crippen molar-refractivity contribution in [2.75, 3.05) is 13.2 Å². The van der Waals surface area contributed by atoms with Crippen molar-refractivity contribution in [2.24, 2.45) is 0 Å². The predicted molar refractivity (Wildman–Crippen MR) is 135 cm³/mol. The van der Waals surface area contributed by atoms with E-state index in [1.54, 1.807) is 0 Å². The number of aliphatic hydroxyl groups is 1. The number of hydrogen-bond acceptors (Lipinski definition) is 18. The van der Waals surface area contributed by atoms with E-state index in [-0.39, 0.29) is 0 Å². The fourth-order valence-corrected chi connectivity index (χ4v) is 4.52. The van der Waals surface area contributed by atoms with E-state index >= 15 is 0 Å². The molecule has 2 rings (SSSR count). The highest BCUT2D eigenvalue weighted by Gasteiger charge is 2.55. The molecule has 0 aliphatic carbocycles. The summed E-state index contributed by atoms with van der Waals surface area (Å²) in [5, 5.41) is 10.6. The lowest BCUT2D eigenvalue weighted by Gasteiger charge is -2.45. The van der Waals surface area contributed by atoms with Crippen molar-refractivity contribution in [2.45, 2.75) is 110 Å². The lowest BCUT2D eigenvalue weighted by atomic mass is 9.97. The highest BCUT2D eigenvalue weighted by Crippen LogP contribution is 2.32. The number of rotatable bonds is 11. The smallest absolute Gasteiger partial charge is 0.303 e. The standard InChI is InChI=1S/C26H36O18/c1-10(27)35-8-18-20(38-12(3)29)22(40-14(5)31)24(42-16(7)33)26(44-18)36-9-17-19(37-11(2)28)21(39-13(4)30)23(25(34)43-17)41-15(6)32/h17-26,34H,8-9H2,1-7H3/t17-,18-,19-,20-,21+,22+,23-,24-,25?,26-/m1/s1. The molecule has 2 heterocycles. The first kappa shape index (κ1) is 36.3. The molecule has 44 heavy (non-hydrogen) atoms. The quantitative estimate of drug-likeness (QED) is 0.203. The van der Waals surface area contributed by atoms with E-state index in [2.05, 4.69) is 0 Å². The molecule has 0 bridgehead atoms. The van der Waals surface area contributed by atoms with Gasteiger partial charge in [-0.25, -0.2) is 0 Å². The van der Waals surface area contributed by atoms with Crippen LogP contribution in [0.5, 0.6) is 0 Å². The summed E-state index contributed by atoms with van der Waals surface area (Å²) in [5.41, 5.74) is 0. The van der Waals surface area contributed by atoms with Gasteiger partial charge in [-0.1, -0.05) is 0 Å². The van der Waals surface area contributed by atoms with Gasteiger partial charge in [-0.05, 0) is 0 Å². The Labute approximate surface area is 251 Å². The Morgan fingerprint density at radius 2 is 0.841 bits per heavy atom. The van der Waals surface area contributed by atoms with E-state index < -0.39 is 116 Å². The Hall–Kier alpha value is -3.87. The van der Waals surface area contributed by atoms with Gasteiger partial charge in [0, 0.05) is 48.5 Å². The van der Waals surface area contributed by atoms with E-state index in [9.17, 15) is 38.7 Å². The maximum Gasteiger partial charge on any atom is 0.303 e. The first-order valence-electron chi connectivity index (χ1n) is 13.3. The Morgan fingerprint density at radius 3 is 1.27 bits per heavy atom. The Balaban J connectivity index is 2.48. The molecule has 0 aromatic heterocycles. The van der Waals surface area contributed by atoms with E-state index in [0.717, 1.165) is 48.5 Å². The molecule has 18 heteroatoms. The second kappa shape index (κ2) is 16.3. The summed E-state index contributed by atoms with van der Waals surface area (Å²) in [5.74, 6) is -5.94. The normalized spacial score (nSPS) is 31.5. The second-order valence-corrected chi connectivity index (χ2v) is 9.69. The third-order valence-corrected chi connectivity index (χ3v) is 5.89. The average Bonchev–Trinajstić information content (AvgIpc) is 2.87. The van der Waals surface area contributed by atoms with Crippen LogP contribution in [0, 0.1) is 0 Å². The first-order valence-corrected chi connectivity index (χ1v) is 13.3. The van der Waals surface area contributed by atoms with E-state index in [0.29, 0.717) is 0 Å². The minimum Gasteiger partial charge on any atom is -0.463 e. The fourth-order valence-electron chi connectivity index (χ4n) is 4.52. The summed E-state index contributed by atoms with van der Waals surface area (Å²) >= 11 is 0. The molecular formula is C26H36O18. The van der Waals surface area contributed by atoms with Gasteiger partial charge in [-0.2, -0.15) is 0 Å². The van der Waals surface area contributed by atoms with Crippen molar-refractivity contribution in [3.63, 3.8) is 0 Å². The van der Waals surface area contributed by atoms with Crippen molar-refractivity contribution < 1.29 is 86.0 Å². The van der Waals surface area contributed by atoms with Gasteiger partial charge in [-0.15, -0.1) is 0 Å². The predicted octanol–water partition coefficient (Wildman–Crippen LogP) is -1.40. The van der Waals surface area contributed by atoms with Crippen LogP contribution in [0.2, 0.25) is 0 Å². The number of ether oxygens (including phenoxy) is 10. The Kier molecular flexibility index (Phi) is 13.4. The summed E-state index contributed by atoms with van der Waals surface area (Å²) in [6.45, 7) is 6.15. The second-order valence-electron chi connectivity index (χ2n) is 9.69.